The minimum Gasteiger partial charge on any atom is -0.0616 e. The van der Waals surface area contributed by atoms with Gasteiger partial charge >= 0.3 is 0 Å². The van der Waals surface area contributed by atoms with E-state index in [4.69, 9.17) is 0 Å². The zero-order valence-corrected chi connectivity index (χ0v) is 18.4. The van der Waals surface area contributed by atoms with E-state index in [1.165, 1.54) is 54.6 Å². The van der Waals surface area contributed by atoms with Crippen LogP contribution in [0, 0.1) is 0 Å². The van der Waals surface area contributed by atoms with Crippen LogP contribution in [0.2, 0.25) is 0 Å². The van der Waals surface area contributed by atoms with Crippen LogP contribution in [0.4, 0.5) is 0 Å². The monoisotopic (exact) mass is 458 g/mol. The molecule has 0 heterocycles. The van der Waals surface area contributed by atoms with Gasteiger partial charge < -0.3 is 0 Å². The Balaban J connectivity index is 1.52. The third kappa shape index (κ3) is 3.13. The topological polar surface area (TPSA) is 0 Å². The Morgan fingerprint density at radius 3 is 1.19 bits per heavy atom. The fourth-order valence-corrected chi connectivity index (χ4v) is 4.85. The Kier molecular flexibility index (Phi) is 4.36. The van der Waals surface area contributed by atoms with Crippen LogP contribution in [0.1, 0.15) is 0 Å². The van der Waals surface area contributed by atoms with Crippen LogP contribution in [0.3, 0.4) is 0 Å². The van der Waals surface area contributed by atoms with E-state index in [2.05, 4.69) is 131 Å². The molecular formula is C30H19Br. The smallest absolute Gasteiger partial charge is 0.0175 e. The molecule has 0 spiro atoms. The van der Waals surface area contributed by atoms with Crippen molar-refractivity contribution in [1.82, 2.24) is 0 Å². The van der Waals surface area contributed by atoms with Crippen molar-refractivity contribution in [1.29, 1.82) is 0 Å². The van der Waals surface area contributed by atoms with Gasteiger partial charge in [0.15, 0.2) is 0 Å². The molecule has 0 saturated heterocycles. The Morgan fingerprint density at radius 1 is 0.323 bits per heavy atom. The van der Waals surface area contributed by atoms with Crippen molar-refractivity contribution in [3.8, 4) is 22.3 Å². The highest BCUT2D eigenvalue weighted by Crippen LogP contribution is 2.37. The number of halogens is 1. The van der Waals surface area contributed by atoms with Gasteiger partial charge in [-0.1, -0.05) is 113 Å². The van der Waals surface area contributed by atoms with Gasteiger partial charge in [0.2, 0.25) is 0 Å². The summed E-state index contributed by atoms with van der Waals surface area (Å²) in [7, 11) is 0. The number of benzene rings is 6. The lowest BCUT2D eigenvalue weighted by molar-refractivity contribution is 1.58. The molecule has 0 radical (unpaired) electrons. The van der Waals surface area contributed by atoms with Crippen LogP contribution in [-0.4, -0.2) is 0 Å². The van der Waals surface area contributed by atoms with Crippen LogP contribution in [-0.2, 0) is 0 Å². The van der Waals surface area contributed by atoms with Crippen molar-refractivity contribution in [2.45, 2.75) is 0 Å². The van der Waals surface area contributed by atoms with Gasteiger partial charge in [-0.25, -0.2) is 0 Å². The molecule has 31 heavy (non-hydrogen) atoms. The average Bonchev–Trinajstić information content (AvgIpc) is 2.84. The Labute approximate surface area is 189 Å². The number of hydrogen-bond donors (Lipinski definition) is 0. The quantitative estimate of drug-likeness (QED) is 0.226. The summed E-state index contributed by atoms with van der Waals surface area (Å²) >= 11 is 3.51. The van der Waals surface area contributed by atoms with E-state index < -0.39 is 0 Å². The molecule has 0 aliphatic heterocycles. The summed E-state index contributed by atoms with van der Waals surface area (Å²) in [6, 6.07) is 41.7. The maximum Gasteiger partial charge on any atom is 0.0175 e. The second-order valence-corrected chi connectivity index (χ2v) is 8.85. The largest absolute Gasteiger partial charge is 0.0616 e. The Hall–Kier alpha value is -3.42. The Morgan fingerprint density at radius 2 is 0.677 bits per heavy atom. The van der Waals surface area contributed by atoms with Gasteiger partial charge in [-0.05, 0) is 72.8 Å². The fourth-order valence-electron chi connectivity index (χ4n) is 4.58. The van der Waals surface area contributed by atoms with Gasteiger partial charge in [0.1, 0.15) is 0 Å². The van der Waals surface area contributed by atoms with Crippen molar-refractivity contribution in [3.63, 3.8) is 0 Å². The first-order valence-electron chi connectivity index (χ1n) is 10.5. The second kappa shape index (κ2) is 7.37. The minimum absolute atomic E-state index is 1.10. The molecule has 0 fully saturated rings. The molecule has 0 nitrogen and oxygen atoms in total. The molecule has 1 heteroatoms. The molecule has 0 aromatic heterocycles. The maximum absolute atomic E-state index is 3.51. The predicted octanol–water partition coefficient (Wildman–Crippen LogP) is 9.24. The molecule has 0 amide bonds. The fraction of sp³-hybridized carbons (Fsp3) is 0. The summed E-state index contributed by atoms with van der Waals surface area (Å²) in [5.41, 5.74) is 4.94. The summed E-state index contributed by atoms with van der Waals surface area (Å²) in [5, 5.41) is 7.87. The van der Waals surface area contributed by atoms with E-state index in [1.807, 2.05) is 0 Å². The highest BCUT2D eigenvalue weighted by Gasteiger charge is 2.09. The highest BCUT2D eigenvalue weighted by molar-refractivity contribution is 9.10. The molecule has 0 bridgehead atoms. The SMILES string of the molecule is Brc1ccc(-c2ccc(-c3ccc4c5ccccc5c5ccccc5c4c3)cc2)cc1. The van der Waals surface area contributed by atoms with E-state index in [0.717, 1.165) is 4.47 Å². The zero-order valence-electron chi connectivity index (χ0n) is 16.8. The van der Waals surface area contributed by atoms with Gasteiger partial charge in [0.25, 0.3) is 0 Å². The molecule has 0 atom stereocenters. The lowest BCUT2D eigenvalue weighted by Gasteiger charge is -2.12. The number of rotatable bonds is 2. The summed E-state index contributed by atoms with van der Waals surface area (Å²) in [6.07, 6.45) is 0. The van der Waals surface area contributed by atoms with Gasteiger partial charge in [0, 0.05) is 4.47 Å². The Bertz CT molecular complexity index is 1520. The molecule has 0 N–H and O–H groups in total. The molecule has 6 aromatic carbocycles. The first-order valence-corrected chi connectivity index (χ1v) is 11.3. The summed E-state index contributed by atoms with van der Waals surface area (Å²) in [6.45, 7) is 0. The van der Waals surface area contributed by atoms with Gasteiger partial charge in [-0.3, -0.25) is 0 Å². The van der Waals surface area contributed by atoms with Crippen molar-refractivity contribution in [2.24, 2.45) is 0 Å². The van der Waals surface area contributed by atoms with Crippen LogP contribution >= 0.6 is 15.9 Å². The first kappa shape index (κ1) is 18.4. The van der Waals surface area contributed by atoms with E-state index in [9.17, 15) is 0 Å². The normalized spacial score (nSPS) is 11.4. The summed E-state index contributed by atoms with van der Waals surface area (Å²) in [5.74, 6) is 0. The van der Waals surface area contributed by atoms with Gasteiger partial charge in [0.05, 0.1) is 0 Å². The zero-order chi connectivity index (χ0) is 20.8. The average molecular weight is 459 g/mol. The van der Waals surface area contributed by atoms with E-state index in [-0.39, 0.29) is 0 Å². The second-order valence-electron chi connectivity index (χ2n) is 7.94. The van der Waals surface area contributed by atoms with E-state index in [1.54, 1.807) is 0 Å². The molecule has 6 aromatic rings. The molecule has 0 aliphatic rings. The summed E-state index contributed by atoms with van der Waals surface area (Å²) < 4.78 is 1.10. The van der Waals surface area contributed by atoms with Crippen molar-refractivity contribution >= 4 is 48.2 Å². The molecule has 0 unspecified atom stereocenters. The predicted molar refractivity (Wildman–Crippen MR) is 138 cm³/mol. The van der Waals surface area contributed by atoms with Crippen molar-refractivity contribution in [3.05, 3.63) is 120 Å². The standard InChI is InChI=1S/C30H19Br/c31-24-16-13-21(14-17-24)20-9-11-22(12-10-20)23-15-18-29-27-7-2-1-5-25(27)26-6-3-4-8-28(26)30(29)19-23/h1-19H. The lowest BCUT2D eigenvalue weighted by atomic mass is 9.92. The molecular weight excluding hydrogens is 440 g/mol. The molecule has 0 saturated carbocycles. The van der Waals surface area contributed by atoms with Crippen molar-refractivity contribution in [2.75, 3.05) is 0 Å². The van der Waals surface area contributed by atoms with Crippen LogP contribution in [0.25, 0.3) is 54.6 Å². The minimum atomic E-state index is 1.10. The van der Waals surface area contributed by atoms with Crippen LogP contribution in [0.5, 0.6) is 0 Å². The summed E-state index contributed by atoms with van der Waals surface area (Å²) in [4.78, 5) is 0. The lowest BCUT2D eigenvalue weighted by Crippen LogP contribution is -1.85. The molecule has 146 valence electrons. The van der Waals surface area contributed by atoms with Crippen molar-refractivity contribution < 1.29 is 0 Å². The molecule has 6 rings (SSSR count). The van der Waals surface area contributed by atoms with E-state index in [0.29, 0.717) is 0 Å². The van der Waals surface area contributed by atoms with Gasteiger partial charge in [-0.15, -0.1) is 0 Å². The third-order valence-corrected chi connectivity index (χ3v) is 6.67. The van der Waals surface area contributed by atoms with Crippen LogP contribution in [0.15, 0.2) is 120 Å². The van der Waals surface area contributed by atoms with E-state index >= 15 is 0 Å². The van der Waals surface area contributed by atoms with Crippen LogP contribution < -0.4 is 0 Å². The number of hydrogen-bond acceptors (Lipinski definition) is 0. The highest BCUT2D eigenvalue weighted by atomic mass is 79.9. The maximum atomic E-state index is 3.51. The van der Waals surface area contributed by atoms with Gasteiger partial charge in [-0.2, -0.15) is 0 Å². The third-order valence-electron chi connectivity index (χ3n) is 6.14. The first-order chi connectivity index (χ1) is 15.3. The number of fused-ring (bicyclic) bond motifs is 6. The molecule has 0 aliphatic carbocycles.